The molecule has 6 heteroatoms. The Labute approximate surface area is 150 Å². The van der Waals surface area contributed by atoms with Crippen LogP contribution in [0.25, 0.3) is 11.5 Å². The molecule has 0 N–H and O–H groups in total. The quantitative estimate of drug-likeness (QED) is 0.679. The van der Waals surface area contributed by atoms with Gasteiger partial charge in [-0.1, -0.05) is 36.4 Å². The number of fused-ring (bicyclic) bond motifs is 1. The van der Waals surface area contributed by atoms with Gasteiger partial charge in [-0.3, -0.25) is 9.59 Å². The Bertz CT molecular complexity index is 965. The average molecular weight is 348 g/mol. The summed E-state index contributed by atoms with van der Waals surface area (Å²) < 4.78 is 10.3. The lowest BCUT2D eigenvalue weighted by Gasteiger charge is -2.15. The minimum atomic E-state index is -0.499. The van der Waals surface area contributed by atoms with Crippen LogP contribution in [0.3, 0.4) is 0 Å². The smallest absolute Gasteiger partial charge is 0.315 e. The summed E-state index contributed by atoms with van der Waals surface area (Å²) in [7, 11) is 1.35. The van der Waals surface area contributed by atoms with E-state index in [-0.39, 0.29) is 24.1 Å². The van der Waals surface area contributed by atoms with E-state index < -0.39 is 5.92 Å². The number of carbonyl (C=O) groups excluding carboxylic acids is 2. The van der Waals surface area contributed by atoms with E-state index in [4.69, 9.17) is 9.15 Å². The average Bonchev–Trinajstić information content (AvgIpc) is 3.33. The second-order valence-corrected chi connectivity index (χ2v) is 5.95. The minimum Gasteiger partial charge on any atom is -0.468 e. The van der Waals surface area contributed by atoms with Gasteiger partial charge in [0.25, 0.3) is 5.91 Å². The molecule has 0 saturated heterocycles. The molecule has 6 nitrogen and oxygen atoms in total. The zero-order valence-corrected chi connectivity index (χ0v) is 14.1. The van der Waals surface area contributed by atoms with Gasteiger partial charge in [-0.2, -0.15) is 0 Å². The first kappa shape index (κ1) is 16.1. The number of carbonyl (C=O) groups is 2. The maximum Gasteiger partial charge on any atom is 0.315 e. The van der Waals surface area contributed by atoms with Crippen LogP contribution in [0, 0.1) is 0 Å². The van der Waals surface area contributed by atoms with Gasteiger partial charge in [0.15, 0.2) is 5.69 Å². The van der Waals surface area contributed by atoms with Crippen molar-refractivity contribution in [1.82, 2.24) is 4.98 Å². The molecule has 0 saturated carbocycles. The van der Waals surface area contributed by atoms with Crippen molar-refractivity contribution in [1.29, 1.82) is 0 Å². The van der Waals surface area contributed by atoms with Crippen LogP contribution >= 0.6 is 0 Å². The summed E-state index contributed by atoms with van der Waals surface area (Å²) in [5, 5.41) is 0. The molecular formula is C20H16N2O4. The van der Waals surface area contributed by atoms with Crippen LogP contribution in [0.4, 0.5) is 5.69 Å². The Balaban J connectivity index is 1.65. The van der Waals surface area contributed by atoms with Gasteiger partial charge in [0.2, 0.25) is 5.89 Å². The number of esters is 1. The molecule has 0 fully saturated rings. The van der Waals surface area contributed by atoms with E-state index >= 15 is 0 Å². The molecule has 2 heterocycles. The Kier molecular flexibility index (Phi) is 4.01. The number of anilines is 1. The molecule has 0 aliphatic carbocycles. The van der Waals surface area contributed by atoms with Gasteiger partial charge in [-0.25, -0.2) is 4.98 Å². The third-order valence-corrected chi connectivity index (χ3v) is 4.44. The predicted molar refractivity (Wildman–Crippen MR) is 94.8 cm³/mol. The number of amides is 1. The lowest BCUT2D eigenvalue weighted by molar-refractivity contribution is -0.141. The molecule has 3 aromatic rings. The van der Waals surface area contributed by atoms with Crippen LogP contribution in [0.1, 0.15) is 22.0 Å². The third-order valence-electron chi connectivity index (χ3n) is 4.44. The number of rotatable bonds is 3. The Morgan fingerprint density at radius 1 is 1.12 bits per heavy atom. The molecule has 26 heavy (non-hydrogen) atoms. The van der Waals surface area contributed by atoms with Gasteiger partial charge in [0, 0.05) is 17.8 Å². The van der Waals surface area contributed by atoms with Crippen LogP contribution in [0.2, 0.25) is 0 Å². The van der Waals surface area contributed by atoms with E-state index in [0.717, 1.165) is 11.1 Å². The lowest BCUT2D eigenvalue weighted by atomic mass is 10.0. The molecule has 130 valence electrons. The van der Waals surface area contributed by atoms with Gasteiger partial charge < -0.3 is 14.1 Å². The zero-order chi connectivity index (χ0) is 18.1. The lowest BCUT2D eigenvalue weighted by Crippen LogP contribution is -2.31. The van der Waals surface area contributed by atoms with Gasteiger partial charge >= 0.3 is 5.97 Å². The fraction of sp³-hybridized carbons (Fsp3) is 0.150. The standard InChI is InChI=1S/C20H16N2O4/c1-25-20(24)15-11-22(17-10-6-5-9-14(15)17)19(23)16-12-26-18(21-16)13-7-3-2-4-8-13/h2-10,12,15H,11H2,1H3. The molecule has 1 aliphatic heterocycles. The Morgan fingerprint density at radius 3 is 2.62 bits per heavy atom. The van der Waals surface area contributed by atoms with Crippen LogP contribution in [0.15, 0.2) is 65.3 Å². The largest absolute Gasteiger partial charge is 0.468 e. The van der Waals surface area contributed by atoms with Gasteiger partial charge in [0.1, 0.15) is 12.2 Å². The summed E-state index contributed by atoms with van der Waals surface area (Å²) in [4.78, 5) is 30.9. The summed E-state index contributed by atoms with van der Waals surface area (Å²) in [6, 6.07) is 16.7. The minimum absolute atomic E-state index is 0.198. The number of oxazole rings is 1. The molecule has 1 unspecified atom stereocenters. The number of hydrogen-bond donors (Lipinski definition) is 0. The molecular weight excluding hydrogens is 332 g/mol. The summed E-state index contributed by atoms with van der Waals surface area (Å²) in [6.07, 6.45) is 1.35. The van der Waals surface area contributed by atoms with Gasteiger partial charge in [-0.05, 0) is 23.8 Å². The fourth-order valence-corrected chi connectivity index (χ4v) is 3.17. The number of benzene rings is 2. The fourth-order valence-electron chi connectivity index (χ4n) is 3.17. The van der Waals surface area contributed by atoms with E-state index in [1.165, 1.54) is 13.4 Å². The Morgan fingerprint density at radius 2 is 1.85 bits per heavy atom. The van der Waals surface area contributed by atoms with Crippen molar-refractivity contribution in [2.75, 3.05) is 18.6 Å². The van der Waals surface area contributed by atoms with Gasteiger partial charge in [0.05, 0.1) is 7.11 Å². The first-order chi connectivity index (χ1) is 12.7. The summed E-state index contributed by atoms with van der Waals surface area (Å²) in [5.74, 6) is -0.792. The Hall–Kier alpha value is -3.41. The number of ether oxygens (including phenoxy) is 1. The van der Waals surface area contributed by atoms with Crippen LogP contribution in [-0.2, 0) is 9.53 Å². The number of para-hydroxylation sites is 1. The highest BCUT2D eigenvalue weighted by atomic mass is 16.5. The van der Waals surface area contributed by atoms with E-state index in [0.29, 0.717) is 11.6 Å². The van der Waals surface area contributed by atoms with Crippen molar-refractivity contribution in [2.24, 2.45) is 0 Å². The second-order valence-electron chi connectivity index (χ2n) is 5.95. The SMILES string of the molecule is COC(=O)C1CN(C(=O)c2coc(-c3ccccc3)n2)c2ccccc21. The molecule has 0 spiro atoms. The van der Waals surface area contributed by atoms with E-state index in [9.17, 15) is 9.59 Å². The van der Waals surface area contributed by atoms with Crippen LogP contribution in [0.5, 0.6) is 0 Å². The molecule has 4 rings (SSSR count). The molecule has 2 aromatic carbocycles. The molecule has 1 amide bonds. The number of aromatic nitrogens is 1. The molecule has 1 aliphatic rings. The number of methoxy groups -OCH3 is 1. The first-order valence-electron chi connectivity index (χ1n) is 8.18. The van der Waals surface area contributed by atoms with E-state index in [2.05, 4.69) is 4.98 Å². The number of hydrogen-bond acceptors (Lipinski definition) is 5. The molecule has 0 radical (unpaired) electrons. The highest BCUT2D eigenvalue weighted by molar-refractivity contribution is 6.07. The maximum atomic E-state index is 13.0. The highest BCUT2D eigenvalue weighted by Crippen LogP contribution is 2.37. The molecule has 1 aromatic heterocycles. The van der Waals surface area contributed by atoms with Crippen LogP contribution < -0.4 is 4.90 Å². The van der Waals surface area contributed by atoms with Crippen molar-refractivity contribution < 1.29 is 18.7 Å². The van der Waals surface area contributed by atoms with E-state index in [1.54, 1.807) is 4.90 Å². The predicted octanol–water partition coefficient (Wildman–Crippen LogP) is 3.26. The monoisotopic (exact) mass is 348 g/mol. The molecule has 1 atom stereocenters. The topological polar surface area (TPSA) is 72.6 Å². The van der Waals surface area contributed by atoms with Crippen LogP contribution in [-0.4, -0.2) is 30.5 Å². The summed E-state index contributed by atoms with van der Waals surface area (Å²) >= 11 is 0. The van der Waals surface area contributed by atoms with Crippen molar-refractivity contribution in [3.63, 3.8) is 0 Å². The van der Waals surface area contributed by atoms with Crippen molar-refractivity contribution in [2.45, 2.75) is 5.92 Å². The summed E-state index contributed by atoms with van der Waals surface area (Å²) in [6.45, 7) is 0.221. The van der Waals surface area contributed by atoms with E-state index in [1.807, 2.05) is 54.6 Å². The highest BCUT2D eigenvalue weighted by Gasteiger charge is 2.38. The normalized spacial score (nSPS) is 15.6. The summed E-state index contributed by atoms with van der Waals surface area (Å²) in [5.41, 5.74) is 2.46. The third kappa shape index (κ3) is 2.65. The van der Waals surface area contributed by atoms with Crippen molar-refractivity contribution >= 4 is 17.6 Å². The zero-order valence-electron chi connectivity index (χ0n) is 14.1. The maximum absolute atomic E-state index is 13.0. The number of nitrogens with zero attached hydrogens (tertiary/aromatic N) is 2. The molecule has 0 bridgehead atoms. The van der Waals surface area contributed by atoms with Crippen molar-refractivity contribution in [3.8, 4) is 11.5 Å². The first-order valence-corrected chi connectivity index (χ1v) is 8.18. The van der Waals surface area contributed by atoms with Crippen molar-refractivity contribution in [3.05, 3.63) is 72.1 Å². The van der Waals surface area contributed by atoms with Gasteiger partial charge in [-0.15, -0.1) is 0 Å². The second kappa shape index (κ2) is 6.48.